The quantitative estimate of drug-likeness (QED) is 0.699. The zero-order chi connectivity index (χ0) is 13.4. The molecule has 0 aromatic carbocycles. The molecule has 0 spiro atoms. The lowest BCUT2D eigenvalue weighted by Gasteiger charge is -2.20. The Morgan fingerprint density at radius 3 is 2.56 bits per heavy atom. The van der Waals surface area contributed by atoms with Gasteiger partial charge < -0.3 is 9.80 Å². The largest absolute Gasteiger partial charge is 0.340 e. The van der Waals surface area contributed by atoms with Crippen LogP contribution in [0.15, 0.2) is 12.2 Å². The maximum Gasteiger partial charge on any atom is 0.246 e. The highest BCUT2D eigenvalue weighted by atomic mass is 16.2. The van der Waals surface area contributed by atoms with E-state index in [2.05, 4.69) is 0 Å². The normalized spacial score (nSPS) is 16.4. The highest BCUT2D eigenvalue weighted by Gasteiger charge is 2.20. The Bertz CT molecular complexity index is 371. The summed E-state index contributed by atoms with van der Waals surface area (Å²) in [6.45, 7) is 4.34. The molecule has 0 radical (unpaired) electrons. The van der Waals surface area contributed by atoms with Gasteiger partial charge in [0, 0.05) is 26.2 Å². The molecule has 2 amide bonds. The zero-order valence-electron chi connectivity index (χ0n) is 10.8. The van der Waals surface area contributed by atoms with Crippen LogP contribution in [0.3, 0.4) is 0 Å². The standard InChI is InChI=1S/C13H19N3O2/c1-2-3-5-12(17)15-8-4-9-16(11-10-15)13(18)6-7-14/h3,5H,2,4,6,8-11H2,1H3/b5-3+. The molecule has 98 valence electrons. The lowest BCUT2D eigenvalue weighted by atomic mass is 10.3. The van der Waals surface area contributed by atoms with E-state index in [0.29, 0.717) is 26.2 Å². The molecule has 1 saturated heterocycles. The summed E-state index contributed by atoms with van der Waals surface area (Å²) >= 11 is 0. The molecule has 0 unspecified atom stereocenters. The molecule has 0 aromatic rings. The van der Waals surface area contributed by atoms with Crippen molar-refractivity contribution in [3.8, 4) is 6.07 Å². The number of hydrogen-bond acceptors (Lipinski definition) is 3. The molecule has 1 aliphatic rings. The van der Waals surface area contributed by atoms with Crippen molar-refractivity contribution >= 4 is 11.8 Å². The maximum atomic E-state index is 11.8. The van der Waals surface area contributed by atoms with E-state index < -0.39 is 0 Å². The monoisotopic (exact) mass is 249 g/mol. The van der Waals surface area contributed by atoms with Crippen LogP contribution in [0.2, 0.25) is 0 Å². The molecular weight excluding hydrogens is 230 g/mol. The number of carbonyl (C=O) groups is 2. The fraction of sp³-hybridized carbons (Fsp3) is 0.615. The Hall–Kier alpha value is -1.83. The van der Waals surface area contributed by atoms with E-state index in [1.165, 1.54) is 0 Å². The summed E-state index contributed by atoms with van der Waals surface area (Å²) in [5.74, 6) is -0.137. The smallest absolute Gasteiger partial charge is 0.246 e. The Labute approximate surface area is 108 Å². The molecule has 1 aliphatic heterocycles. The third kappa shape index (κ3) is 4.21. The zero-order valence-corrected chi connectivity index (χ0v) is 10.8. The highest BCUT2D eigenvalue weighted by molar-refractivity contribution is 5.87. The minimum absolute atomic E-state index is 0.00596. The van der Waals surface area contributed by atoms with Crippen molar-refractivity contribution in [2.75, 3.05) is 26.2 Å². The van der Waals surface area contributed by atoms with E-state index in [9.17, 15) is 9.59 Å². The number of rotatable bonds is 3. The topological polar surface area (TPSA) is 64.4 Å². The van der Waals surface area contributed by atoms with Gasteiger partial charge in [0.1, 0.15) is 6.42 Å². The average molecular weight is 249 g/mol. The summed E-state index contributed by atoms with van der Waals surface area (Å²) in [6, 6.07) is 1.86. The minimum Gasteiger partial charge on any atom is -0.340 e. The molecule has 0 aliphatic carbocycles. The van der Waals surface area contributed by atoms with Gasteiger partial charge in [-0.3, -0.25) is 9.59 Å². The van der Waals surface area contributed by atoms with Gasteiger partial charge in [-0.2, -0.15) is 5.26 Å². The van der Waals surface area contributed by atoms with Gasteiger partial charge in [0.15, 0.2) is 0 Å². The molecule has 0 atom stereocenters. The van der Waals surface area contributed by atoms with Gasteiger partial charge in [-0.1, -0.05) is 13.0 Å². The SMILES string of the molecule is CC/C=C/C(=O)N1CCCN(C(=O)CC#N)CC1. The third-order valence-electron chi connectivity index (χ3n) is 2.89. The second kappa shape index (κ2) is 7.49. The molecule has 0 aromatic heterocycles. The Morgan fingerprint density at radius 1 is 1.22 bits per heavy atom. The fourth-order valence-electron chi connectivity index (χ4n) is 1.89. The van der Waals surface area contributed by atoms with E-state index in [0.717, 1.165) is 12.8 Å². The van der Waals surface area contributed by atoms with E-state index in [1.807, 2.05) is 19.1 Å². The molecule has 5 nitrogen and oxygen atoms in total. The molecule has 1 heterocycles. The van der Waals surface area contributed by atoms with Gasteiger partial charge in [-0.15, -0.1) is 0 Å². The van der Waals surface area contributed by atoms with Crippen LogP contribution in [0.5, 0.6) is 0 Å². The van der Waals surface area contributed by atoms with Crippen LogP contribution < -0.4 is 0 Å². The van der Waals surface area contributed by atoms with Crippen LogP contribution in [-0.4, -0.2) is 47.8 Å². The van der Waals surface area contributed by atoms with Crippen molar-refractivity contribution in [3.05, 3.63) is 12.2 Å². The van der Waals surface area contributed by atoms with Gasteiger partial charge in [-0.05, 0) is 18.9 Å². The molecular formula is C13H19N3O2. The average Bonchev–Trinajstić information content (AvgIpc) is 2.62. The van der Waals surface area contributed by atoms with Crippen LogP contribution in [-0.2, 0) is 9.59 Å². The second-order valence-corrected chi connectivity index (χ2v) is 4.21. The van der Waals surface area contributed by atoms with Crippen LogP contribution in [0.25, 0.3) is 0 Å². The van der Waals surface area contributed by atoms with E-state index in [1.54, 1.807) is 15.9 Å². The molecule has 0 N–H and O–H groups in total. The number of nitriles is 1. The van der Waals surface area contributed by atoms with Crippen LogP contribution in [0, 0.1) is 11.3 Å². The Kier molecular flexibility index (Phi) is 5.92. The molecule has 18 heavy (non-hydrogen) atoms. The van der Waals surface area contributed by atoms with Gasteiger partial charge in [0.05, 0.1) is 6.07 Å². The molecule has 1 fully saturated rings. The van der Waals surface area contributed by atoms with E-state index in [-0.39, 0.29) is 18.2 Å². The summed E-state index contributed by atoms with van der Waals surface area (Å²) in [5, 5.41) is 8.50. The van der Waals surface area contributed by atoms with Gasteiger partial charge in [0.25, 0.3) is 0 Å². The van der Waals surface area contributed by atoms with Gasteiger partial charge in [0.2, 0.25) is 11.8 Å². The Morgan fingerprint density at radius 2 is 1.89 bits per heavy atom. The predicted octanol–water partition coefficient (Wildman–Crippen LogP) is 0.927. The molecule has 0 saturated carbocycles. The van der Waals surface area contributed by atoms with Crippen molar-refractivity contribution in [3.63, 3.8) is 0 Å². The summed E-state index contributed by atoms with van der Waals surface area (Å²) < 4.78 is 0. The summed E-state index contributed by atoms with van der Waals surface area (Å²) in [7, 11) is 0. The van der Waals surface area contributed by atoms with Crippen molar-refractivity contribution in [1.82, 2.24) is 9.80 Å². The van der Waals surface area contributed by atoms with Crippen molar-refractivity contribution in [1.29, 1.82) is 5.26 Å². The van der Waals surface area contributed by atoms with Crippen molar-refractivity contribution in [2.45, 2.75) is 26.2 Å². The number of nitrogens with zero attached hydrogens (tertiary/aromatic N) is 3. The number of carbonyl (C=O) groups excluding carboxylic acids is 2. The van der Waals surface area contributed by atoms with Gasteiger partial charge >= 0.3 is 0 Å². The number of allylic oxidation sites excluding steroid dienone is 1. The van der Waals surface area contributed by atoms with E-state index >= 15 is 0 Å². The van der Waals surface area contributed by atoms with Crippen LogP contribution in [0.4, 0.5) is 0 Å². The number of amides is 2. The summed E-state index contributed by atoms with van der Waals surface area (Å²) in [6.07, 6.45) is 4.96. The molecule has 5 heteroatoms. The molecule has 0 bridgehead atoms. The minimum atomic E-state index is -0.143. The van der Waals surface area contributed by atoms with Gasteiger partial charge in [-0.25, -0.2) is 0 Å². The van der Waals surface area contributed by atoms with E-state index in [4.69, 9.17) is 5.26 Å². The lowest BCUT2D eigenvalue weighted by Crippen LogP contribution is -2.36. The third-order valence-corrected chi connectivity index (χ3v) is 2.89. The van der Waals surface area contributed by atoms with Crippen molar-refractivity contribution in [2.24, 2.45) is 0 Å². The van der Waals surface area contributed by atoms with Crippen LogP contribution >= 0.6 is 0 Å². The number of hydrogen-bond donors (Lipinski definition) is 0. The predicted molar refractivity (Wildman–Crippen MR) is 67.4 cm³/mol. The fourth-order valence-corrected chi connectivity index (χ4v) is 1.89. The van der Waals surface area contributed by atoms with Crippen molar-refractivity contribution < 1.29 is 9.59 Å². The highest BCUT2D eigenvalue weighted by Crippen LogP contribution is 2.05. The first-order valence-electron chi connectivity index (χ1n) is 6.29. The van der Waals surface area contributed by atoms with Crippen LogP contribution in [0.1, 0.15) is 26.2 Å². The maximum absolute atomic E-state index is 11.8. The first-order chi connectivity index (χ1) is 8.69. The summed E-state index contributed by atoms with van der Waals surface area (Å²) in [4.78, 5) is 26.8. The lowest BCUT2D eigenvalue weighted by molar-refractivity contribution is -0.131. The first-order valence-corrected chi connectivity index (χ1v) is 6.29. The second-order valence-electron chi connectivity index (χ2n) is 4.21. The Balaban J connectivity index is 2.51. The molecule has 1 rings (SSSR count). The first kappa shape index (κ1) is 14.2. The summed E-state index contributed by atoms with van der Waals surface area (Å²) in [5.41, 5.74) is 0.